The molecular formula is C19H18F2N2O2. The van der Waals surface area contributed by atoms with Crippen molar-refractivity contribution in [2.24, 2.45) is 11.8 Å². The van der Waals surface area contributed by atoms with E-state index in [1.165, 1.54) is 24.3 Å². The second-order valence-corrected chi connectivity index (χ2v) is 6.13. The highest BCUT2D eigenvalue weighted by Crippen LogP contribution is 2.33. The molecular weight excluding hydrogens is 326 g/mol. The number of benzene rings is 1. The van der Waals surface area contributed by atoms with Crippen LogP contribution >= 0.6 is 0 Å². The van der Waals surface area contributed by atoms with Crippen molar-refractivity contribution in [3.8, 4) is 17.9 Å². The van der Waals surface area contributed by atoms with Crippen LogP contribution in [0.3, 0.4) is 0 Å². The smallest absolute Gasteiger partial charge is 0.314 e. The fourth-order valence-corrected chi connectivity index (χ4v) is 3.03. The van der Waals surface area contributed by atoms with E-state index in [0.717, 1.165) is 25.3 Å². The van der Waals surface area contributed by atoms with Crippen LogP contribution in [0.5, 0.6) is 5.75 Å². The molecule has 0 radical (unpaired) electrons. The number of carbonyl (C=O) groups excluding carboxylic acids is 1. The van der Waals surface area contributed by atoms with Gasteiger partial charge in [0.05, 0.1) is 11.5 Å². The first-order valence-electron chi connectivity index (χ1n) is 8.20. The van der Waals surface area contributed by atoms with E-state index in [1.54, 1.807) is 6.07 Å². The van der Waals surface area contributed by atoms with E-state index in [1.807, 2.05) is 0 Å². The lowest BCUT2D eigenvalue weighted by molar-refractivity contribution is -0.140. The summed E-state index contributed by atoms with van der Waals surface area (Å²) in [4.78, 5) is 12.2. The Labute approximate surface area is 145 Å². The minimum atomic E-state index is -0.757. The van der Waals surface area contributed by atoms with Gasteiger partial charge in [-0.2, -0.15) is 14.9 Å². The molecule has 0 bridgehead atoms. The Hall–Kier alpha value is -2.73. The fraction of sp³-hybridized carbons (Fsp3) is 0.421. The SMILES string of the molecule is N#CC(F)=CCC[C@H]1CC[C@H](C(=O)Oc2ccc(C#N)c(F)c2)CC1. The molecule has 1 aliphatic rings. The first-order valence-corrected chi connectivity index (χ1v) is 8.20. The van der Waals surface area contributed by atoms with Gasteiger partial charge < -0.3 is 4.74 Å². The molecule has 1 aromatic carbocycles. The zero-order chi connectivity index (χ0) is 18.2. The molecule has 0 spiro atoms. The molecule has 2 rings (SSSR count). The van der Waals surface area contributed by atoms with Crippen LogP contribution in [0.2, 0.25) is 0 Å². The lowest BCUT2D eigenvalue weighted by atomic mass is 9.80. The largest absolute Gasteiger partial charge is 0.426 e. The molecule has 1 aliphatic carbocycles. The molecule has 0 unspecified atom stereocenters. The van der Waals surface area contributed by atoms with Crippen LogP contribution < -0.4 is 4.74 Å². The molecule has 0 N–H and O–H groups in total. The molecule has 6 heteroatoms. The lowest BCUT2D eigenvalue weighted by Crippen LogP contribution is -2.25. The van der Waals surface area contributed by atoms with Gasteiger partial charge in [-0.05, 0) is 62.7 Å². The molecule has 0 aromatic heterocycles. The van der Waals surface area contributed by atoms with Crippen LogP contribution in [0, 0.1) is 40.3 Å². The van der Waals surface area contributed by atoms with Crippen LogP contribution in [-0.4, -0.2) is 5.97 Å². The first-order chi connectivity index (χ1) is 12.0. The van der Waals surface area contributed by atoms with Gasteiger partial charge in [0.1, 0.15) is 23.7 Å². The number of hydrogen-bond acceptors (Lipinski definition) is 4. The van der Waals surface area contributed by atoms with Crippen molar-refractivity contribution in [1.29, 1.82) is 10.5 Å². The number of ether oxygens (including phenoxy) is 1. The van der Waals surface area contributed by atoms with Gasteiger partial charge >= 0.3 is 5.97 Å². The molecule has 0 saturated heterocycles. The average Bonchev–Trinajstić information content (AvgIpc) is 2.62. The molecule has 0 heterocycles. The number of nitrogens with zero attached hydrogens (tertiary/aromatic N) is 2. The number of hydrogen-bond donors (Lipinski definition) is 0. The Morgan fingerprint density at radius 1 is 1.28 bits per heavy atom. The number of esters is 1. The zero-order valence-corrected chi connectivity index (χ0v) is 13.7. The van der Waals surface area contributed by atoms with Gasteiger partial charge in [-0.3, -0.25) is 4.79 Å². The molecule has 130 valence electrons. The molecule has 1 saturated carbocycles. The molecule has 4 nitrogen and oxygen atoms in total. The molecule has 0 amide bonds. The third-order valence-corrected chi connectivity index (χ3v) is 4.46. The minimum Gasteiger partial charge on any atom is -0.426 e. The van der Waals surface area contributed by atoms with Crippen molar-refractivity contribution in [2.75, 3.05) is 0 Å². The van der Waals surface area contributed by atoms with Crippen molar-refractivity contribution in [1.82, 2.24) is 0 Å². The predicted molar refractivity (Wildman–Crippen MR) is 86.2 cm³/mol. The first kappa shape index (κ1) is 18.6. The standard InChI is InChI=1S/C19H18F2N2O2/c20-16(12-23)3-1-2-13-4-6-14(7-5-13)19(24)25-17-9-8-15(11-22)18(21)10-17/h3,8-10,13-14H,1-2,4-7H2/t13-,14-. The molecule has 1 aromatic rings. The molecule has 0 atom stereocenters. The zero-order valence-electron chi connectivity index (χ0n) is 13.7. The van der Waals surface area contributed by atoms with E-state index in [9.17, 15) is 13.6 Å². The van der Waals surface area contributed by atoms with Crippen molar-refractivity contribution >= 4 is 5.97 Å². The second-order valence-electron chi connectivity index (χ2n) is 6.13. The monoisotopic (exact) mass is 344 g/mol. The van der Waals surface area contributed by atoms with Gasteiger partial charge in [0.25, 0.3) is 0 Å². The van der Waals surface area contributed by atoms with Crippen LogP contribution in [0.15, 0.2) is 30.1 Å². The maximum atomic E-state index is 13.5. The normalized spacial score (nSPS) is 20.4. The highest BCUT2D eigenvalue weighted by molar-refractivity contribution is 5.75. The van der Waals surface area contributed by atoms with Gasteiger partial charge in [0.15, 0.2) is 5.83 Å². The van der Waals surface area contributed by atoms with Crippen molar-refractivity contribution < 1.29 is 18.3 Å². The highest BCUT2D eigenvalue weighted by Gasteiger charge is 2.27. The van der Waals surface area contributed by atoms with Crippen LogP contribution in [0.25, 0.3) is 0 Å². The summed E-state index contributed by atoms with van der Waals surface area (Å²) in [5.41, 5.74) is -0.0952. The Morgan fingerprint density at radius 3 is 2.60 bits per heavy atom. The summed E-state index contributed by atoms with van der Waals surface area (Å²) in [5, 5.41) is 17.0. The third-order valence-electron chi connectivity index (χ3n) is 4.46. The van der Waals surface area contributed by atoms with Gasteiger partial charge in [-0.25, -0.2) is 4.39 Å². The fourth-order valence-electron chi connectivity index (χ4n) is 3.03. The maximum absolute atomic E-state index is 13.5. The van der Waals surface area contributed by atoms with Gasteiger partial charge in [-0.1, -0.05) is 0 Å². The summed E-state index contributed by atoms with van der Waals surface area (Å²) < 4.78 is 31.5. The van der Waals surface area contributed by atoms with Crippen molar-refractivity contribution in [2.45, 2.75) is 38.5 Å². The summed E-state index contributed by atoms with van der Waals surface area (Å²) in [6.45, 7) is 0. The highest BCUT2D eigenvalue weighted by atomic mass is 19.1. The predicted octanol–water partition coefficient (Wildman–Crippen LogP) is 4.57. The number of rotatable bonds is 5. The van der Waals surface area contributed by atoms with Crippen LogP contribution in [0.1, 0.15) is 44.1 Å². The average molecular weight is 344 g/mol. The van der Waals surface area contributed by atoms with Crippen LogP contribution in [0.4, 0.5) is 8.78 Å². The van der Waals surface area contributed by atoms with Crippen molar-refractivity contribution in [3.63, 3.8) is 0 Å². The minimum absolute atomic E-state index is 0.0952. The third kappa shape index (κ3) is 5.39. The van der Waals surface area contributed by atoms with Crippen molar-refractivity contribution in [3.05, 3.63) is 41.5 Å². The van der Waals surface area contributed by atoms with E-state index in [0.29, 0.717) is 25.2 Å². The Morgan fingerprint density at radius 2 is 2.00 bits per heavy atom. The van der Waals surface area contributed by atoms with Gasteiger partial charge in [-0.15, -0.1) is 0 Å². The van der Waals surface area contributed by atoms with E-state index >= 15 is 0 Å². The quantitative estimate of drug-likeness (QED) is 0.446. The molecule has 25 heavy (non-hydrogen) atoms. The van der Waals surface area contributed by atoms with E-state index in [4.69, 9.17) is 15.3 Å². The Bertz CT molecular complexity index is 739. The summed E-state index contributed by atoms with van der Waals surface area (Å²) in [6.07, 6.45) is 5.62. The summed E-state index contributed by atoms with van der Waals surface area (Å²) in [7, 11) is 0. The van der Waals surface area contributed by atoms with E-state index in [-0.39, 0.29) is 17.2 Å². The molecule has 1 fully saturated rings. The number of allylic oxidation sites excluding steroid dienone is 2. The van der Waals surface area contributed by atoms with E-state index in [2.05, 4.69) is 0 Å². The number of halogens is 2. The maximum Gasteiger partial charge on any atom is 0.314 e. The van der Waals surface area contributed by atoms with Gasteiger partial charge in [0, 0.05) is 6.07 Å². The number of nitriles is 2. The topological polar surface area (TPSA) is 73.9 Å². The van der Waals surface area contributed by atoms with Crippen LogP contribution in [-0.2, 0) is 4.79 Å². The van der Waals surface area contributed by atoms with E-state index < -0.39 is 17.6 Å². The van der Waals surface area contributed by atoms with Gasteiger partial charge in [0.2, 0.25) is 0 Å². The summed E-state index contributed by atoms with van der Waals surface area (Å²) in [6, 6.07) is 6.88. The Balaban J connectivity index is 1.80. The summed E-state index contributed by atoms with van der Waals surface area (Å²) in [5.74, 6) is -1.60. The molecule has 0 aliphatic heterocycles. The Kier molecular flexibility index (Phi) is 6.65. The summed E-state index contributed by atoms with van der Waals surface area (Å²) >= 11 is 0. The number of carbonyl (C=O) groups is 1. The second kappa shape index (κ2) is 8.94. The lowest BCUT2D eigenvalue weighted by Gasteiger charge is -2.26.